The molecule has 0 heterocycles. The summed E-state index contributed by atoms with van der Waals surface area (Å²) < 4.78 is 3.33. The molecule has 0 amide bonds. The number of benzene rings is 1. The van der Waals surface area contributed by atoms with Crippen molar-refractivity contribution in [3.8, 4) is 0 Å². The van der Waals surface area contributed by atoms with Crippen LogP contribution in [0.15, 0.2) is 29.2 Å². The maximum Gasteiger partial charge on any atom is 0.0314 e. The molecule has 1 aromatic rings. The summed E-state index contributed by atoms with van der Waals surface area (Å²) in [6.45, 7) is 6.41. The van der Waals surface area contributed by atoms with Crippen LogP contribution in [0.1, 0.15) is 20.8 Å². The van der Waals surface area contributed by atoms with Gasteiger partial charge < -0.3 is 5.73 Å². The van der Waals surface area contributed by atoms with Crippen LogP contribution in [0.2, 0.25) is 0 Å². The van der Waals surface area contributed by atoms with Crippen molar-refractivity contribution in [3.05, 3.63) is 24.3 Å². The Morgan fingerprint density at radius 3 is 2.15 bits per heavy atom. The van der Waals surface area contributed by atoms with Gasteiger partial charge in [-0.05, 0) is 57.0 Å². The zero-order valence-corrected chi connectivity index (χ0v) is 9.11. The second-order valence-corrected chi connectivity index (χ2v) is 4.90. The van der Waals surface area contributed by atoms with Crippen molar-refractivity contribution in [2.75, 3.05) is 5.73 Å². The smallest absolute Gasteiger partial charge is 0.0314 e. The molecule has 0 aliphatic heterocycles. The molecule has 3 N–H and O–H groups in total. The molecule has 1 rings (SSSR count). The first-order chi connectivity index (χ1) is 5.97. The average Bonchev–Trinajstić information content (AvgIpc) is 2.02. The largest absolute Gasteiger partial charge is 0.399 e. The number of nitrogen functional groups attached to an aromatic ring is 1. The van der Waals surface area contributed by atoms with Crippen LogP contribution in [0.25, 0.3) is 0 Å². The van der Waals surface area contributed by atoms with Crippen molar-refractivity contribution >= 4 is 17.6 Å². The van der Waals surface area contributed by atoms with Gasteiger partial charge >= 0.3 is 0 Å². The molecule has 0 spiro atoms. The molecule has 13 heavy (non-hydrogen) atoms. The number of hydrogen-bond donors (Lipinski definition) is 2. The highest BCUT2D eigenvalue weighted by Crippen LogP contribution is 2.18. The highest BCUT2D eigenvalue weighted by molar-refractivity contribution is 7.97. The highest BCUT2D eigenvalue weighted by atomic mass is 32.2. The van der Waals surface area contributed by atoms with Crippen molar-refractivity contribution in [2.45, 2.75) is 31.2 Å². The van der Waals surface area contributed by atoms with E-state index < -0.39 is 0 Å². The zero-order valence-electron chi connectivity index (χ0n) is 8.29. The fourth-order valence-electron chi connectivity index (χ4n) is 0.748. The van der Waals surface area contributed by atoms with Crippen LogP contribution in [-0.4, -0.2) is 5.54 Å². The maximum atomic E-state index is 5.58. The molecule has 0 saturated heterocycles. The molecule has 1 aromatic carbocycles. The van der Waals surface area contributed by atoms with E-state index in [4.69, 9.17) is 5.73 Å². The van der Waals surface area contributed by atoms with E-state index in [1.807, 2.05) is 24.3 Å². The van der Waals surface area contributed by atoms with Gasteiger partial charge in [-0.2, -0.15) is 0 Å². The SMILES string of the molecule is CC(C)(C)NSc1ccc(N)cc1. The van der Waals surface area contributed by atoms with E-state index in [0.29, 0.717) is 0 Å². The summed E-state index contributed by atoms with van der Waals surface area (Å²) in [5, 5.41) is 0. The lowest BCUT2D eigenvalue weighted by Crippen LogP contribution is -2.29. The van der Waals surface area contributed by atoms with Crippen molar-refractivity contribution < 1.29 is 0 Å². The van der Waals surface area contributed by atoms with Crippen LogP contribution < -0.4 is 10.5 Å². The maximum absolute atomic E-state index is 5.58. The second kappa shape index (κ2) is 4.03. The third-order valence-electron chi connectivity index (χ3n) is 1.36. The Balaban J connectivity index is 2.51. The lowest BCUT2D eigenvalue weighted by molar-refractivity contribution is 0.535. The molecule has 0 radical (unpaired) electrons. The normalized spacial score (nSPS) is 11.6. The predicted octanol–water partition coefficient (Wildman–Crippen LogP) is 2.66. The van der Waals surface area contributed by atoms with Crippen LogP contribution >= 0.6 is 11.9 Å². The van der Waals surface area contributed by atoms with Gasteiger partial charge in [0, 0.05) is 16.1 Å². The van der Waals surface area contributed by atoms with E-state index >= 15 is 0 Å². The molecule has 72 valence electrons. The zero-order chi connectivity index (χ0) is 9.90. The second-order valence-electron chi connectivity index (χ2n) is 4.02. The standard InChI is InChI=1S/C10H16N2S/c1-10(2,3)12-13-9-6-4-8(11)5-7-9/h4-7,12H,11H2,1-3H3. The van der Waals surface area contributed by atoms with Crippen LogP contribution in [0.4, 0.5) is 5.69 Å². The van der Waals surface area contributed by atoms with Gasteiger partial charge in [-0.1, -0.05) is 0 Å². The van der Waals surface area contributed by atoms with Gasteiger partial charge in [-0.15, -0.1) is 0 Å². The minimum atomic E-state index is 0.131. The van der Waals surface area contributed by atoms with Gasteiger partial charge in [-0.25, -0.2) is 0 Å². The number of hydrogen-bond acceptors (Lipinski definition) is 3. The molecule has 3 heteroatoms. The number of nitrogens with two attached hydrogens (primary N) is 1. The van der Waals surface area contributed by atoms with Gasteiger partial charge in [-0.3, -0.25) is 4.72 Å². The Hall–Kier alpha value is -0.670. The summed E-state index contributed by atoms with van der Waals surface area (Å²) in [5.41, 5.74) is 6.52. The molecular weight excluding hydrogens is 180 g/mol. The lowest BCUT2D eigenvalue weighted by Gasteiger charge is -2.19. The van der Waals surface area contributed by atoms with E-state index in [0.717, 1.165) is 5.69 Å². The summed E-state index contributed by atoms with van der Waals surface area (Å²) in [6, 6.07) is 7.84. The van der Waals surface area contributed by atoms with E-state index in [1.165, 1.54) is 4.90 Å². The van der Waals surface area contributed by atoms with Crippen molar-refractivity contribution in [1.29, 1.82) is 0 Å². The van der Waals surface area contributed by atoms with E-state index in [1.54, 1.807) is 11.9 Å². The predicted molar refractivity (Wildman–Crippen MR) is 59.6 cm³/mol. The summed E-state index contributed by atoms with van der Waals surface area (Å²) in [5.74, 6) is 0. The van der Waals surface area contributed by atoms with E-state index in [-0.39, 0.29) is 5.54 Å². The fraction of sp³-hybridized carbons (Fsp3) is 0.400. The van der Waals surface area contributed by atoms with Crippen molar-refractivity contribution in [1.82, 2.24) is 4.72 Å². The number of nitrogens with one attached hydrogen (secondary N) is 1. The molecule has 0 aromatic heterocycles. The van der Waals surface area contributed by atoms with Crippen LogP contribution in [0.5, 0.6) is 0 Å². The molecule has 0 fully saturated rings. The van der Waals surface area contributed by atoms with Crippen molar-refractivity contribution in [3.63, 3.8) is 0 Å². The third kappa shape index (κ3) is 4.20. The quantitative estimate of drug-likeness (QED) is 0.564. The lowest BCUT2D eigenvalue weighted by atomic mass is 10.1. The fourth-order valence-corrected chi connectivity index (χ4v) is 1.44. The van der Waals surface area contributed by atoms with Gasteiger partial charge in [0.15, 0.2) is 0 Å². The Morgan fingerprint density at radius 1 is 1.15 bits per heavy atom. The molecule has 0 aliphatic carbocycles. The topological polar surface area (TPSA) is 38.0 Å². The van der Waals surface area contributed by atoms with E-state index in [2.05, 4.69) is 25.5 Å². The van der Waals surface area contributed by atoms with Gasteiger partial charge in [0.05, 0.1) is 0 Å². The molecular formula is C10H16N2S. The molecule has 0 bridgehead atoms. The first-order valence-electron chi connectivity index (χ1n) is 4.27. The Kier molecular flexibility index (Phi) is 3.22. The van der Waals surface area contributed by atoms with Gasteiger partial charge in [0.1, 0.15) is 0 Å². The van der Waals surface area contributed by atoms with Gasteiger partial charge in [0.2, 0.25) is 0 Å². The number of anilines is 1. The van der Waals surface area contributed by atoms with Crippen LogP contribution in [0.3, 0.4) is 0 Å². The molecule has 0 aliphatic rings. The van der Waals surface area contributed by atoms with Crippen LogP contribution in [-0.2, 0) is 0 Å². The third-order valence-corrected chi connectivity index (χ3v) is 2.58. The first-order valence-corrected chi connectivity index (χ1v) is 5.08. The molecule has 2 nitrogen and oxygen atoms in total. The summed E-state index contributed by atoms with van der Waals surface area (Å²) in [6.07, 6.45) is 0. The highest BCUT2D eigenvalue weighted by Gasteiger charge is 2.08. The van der Waals surface area contributed by atoms with Crippen LogP contribution in [0, 0.1) is 0 Å². The summed E-state index contributed by atoms with van der Waals surface area (Å²) in [7, 11) is 0. The Morgan fingerprint density at radius 2 is 1.69 bits per heavy atom. The Labute approximate surface area is 84.0 Å². The molecule has 0 saturated carbocycles. The monoisotopic (exact) mass is 196 g/mol. The first kappa shape index (κ1) is 10.4. The van der Waals surface area contributed by atoms with E-state index in [9.17, 15) is 0 Å². The minimum absolute atomic E-state index is 0.131. The summed E-state index contributed by atoms with van der Waals surface area (Å²) >= 11 is 1.63. The molecule has 0 unspecified atom stereocenters. The van der Waals surface area contributed by atoms with Crippen molar-refractivity contribution in [2.24, 2.45) is 0 Å². The number of rotatable bonds is 2. The van der Waals surface area contributed by atoms with Gasteiger partial charge in [0.25, 0.3) is 0 Å². The molecule has 0 atom stereocenters. The Bertz CT molecular complexity index is 261. The average molecular weight is 196 g/mol. The minimum Gasteiger partial charge on any atom is -0.399 e. The summed E-state index contributed by atoms with van der Waals surface area (Å²) in [4.78, 5) is 1.18.